The van der Waals surface area contributed by atoms with Gasteiger partial charge in [-0.1, -0.05) is 26.7 Å². The Labute approximate surface area is 110 Å². The van der Waals surface area contributed by atoms with Crippen LogP contribution in [0.3, 0.4) is 0 Å². The number of rotatable bonds is 6. The van der Waals surface area contributed by atoms with E-state index in [1.165, 1.54) is 0 Å². The zero-order chi connectivity index (χ0) is 13.4. The van der Waals surface area contributed by atoms with E-state index < -0.39 is 5.54 Å². The van der Waals surface area contributed by atoms with Gasteiger partial charge < -0.3 is 10.1 Å². The zero-order valence-corrected chi connectivity index (χ0v) is 11.5. The van der Waals surface area contributed by atoms with Gasteiger partial charge in [0.2, 0.25) is 5.91 Å². The highest BCUT2D eigenvalue weighted by Gasteiger charge is 2.36. The summed E-state index contributed by atoms with van der Waals surface area (Å²) in [6.07, 6.45) is 5.69. The lowest BCUT2D eigenvalue weighted by molar-refractivity contribution is -0.127. The summed E-state index contributed by atoms with van der Waals surface area (Å²) in [5.41, 5.74) is -0.664. The molecule has 0 aliphatic heterocycles. The smallest absolute Gasteiger partial charge is 0.247 e. The van der Waals surface area contributed by atoms with Gasteiger partial charge in [-0.15, -0.1) is 0 Å². The minimum Gasteiger partial charge on any atom is -0.372 e. The van der Waals surface area contributed by atoms with Crippen LogP contribution >= 0.6 is 0 Å². The first-order valence-electron chi connectivity index (χ1n) is 6.92. The van der Waals surface area contributed by atoms with Crippen molar-refractivity contribution in [2.75, 3.05) is 13.2 Å². The van der Waals surface area contributed by atoms with Gasteiger partial charge in [-0.25, -0.2) is 0 Å². The van der Waals surface area contributed by atoms with Crippen LogP contribution in [0.2, 0.25) is 0 Å². The van der Waals surface area contributed by atoms with Crippen LogP contribution in [0.4, 0.5) is 0 Å². The number of hydrogen-bond donors (Lipinski definition) is 1. The predicted octanol–water partition coefficient (Wildman–Crippen LogP) is 2.39. The fourth-order valence-electron chi connectivity index (χ4n) is 2.51. The highest BCUT2D eigenvalue weighted by Crippen LogP contribution is 2.31. The van der Waals surface area contributed by atoms with Crippen molar-refractivity contribution in [1.82, 2.24) is 5.32 Å². The fraction of sp³-hybridized carbons (Fsp3) is 0.857. The molecule has 1 fully saturated rings. The molecule has 0 bridgehead atoms. The Morgan fingerprint density at radius 1 is 1.61 bits per heavy atom. The maximum atomic E-state index is 11.8. The standard InChI is InChI=1S/C14H24N2O2/c1-3-4-8-18-10-13(17)16-14(11-15)7-5-6-12(2)9-14/h12H,3-10H2,1-2H3,(H,16,17)/t12-,14+/m1/s1. The molecule has 0 heterocycles. The molecular formula is C14H24N2O2. The molecule has 1 aliphatic carbocycles. The topological polar surface area (TPSA) is 62.1 Å². The monoisotopic (exact) mass is 252 g/mol. The van der Waals surface area contributed by atoms with E-state index in [1.54, 1.807) is 0 Å². The van der Waals surface area contributed by atoms with Crippen LogP contribution in [0.25, 0.3) is 0 Å². The van der Waals surface area contributed by atoms with Crippen LogP contribution in [0.5, 0.6) is 0 Å². The molecule has 0 radical (unpaired) electrons. The Kier molecular flexibility index (Phi) is 6.14. The van der Waals surface area contributed by atoms with E-state index in [2.05, 4.69) is 25.2 Å². The third kappa shape index (κ3) is 4.66. The van der Waals surface area contributed by atoms with Crippen LogP contribution in [0, 0.1) is 17.2 Å². The van der Waals surface area contributed by atoms with Gasteiger partial charge in [-0.2, -0.15) is 5.26 Å². The third-order valence-electron chi connectivity index (χ3n) is 3.47. The molecule has 0 spiro atoms. The van der Waals surface area contributed by atoms with Gasteiger partial charge in [0.25, 0.3) is 0 Å². The molecule has 1 aliphatic rings. The lowest BCUT2D eigenvalue weighted by Gasteiger charge is -2.34. The molecule has 18 heavy (non-hydrogen) atoms. The van der Waals surface area contributed by atoms with Crippen molar-refractivity contribution in [2.24, 2.45) is 5.92 Å². The van der Waals surface area contributed by atoms with Crippen molar-refractivity contribution in [3.05, 3.63) is 0 Å². The van der Waals surface area contributed by atoms with Crippen molar-refractivity contribution >= 4 is 5.91 Å². The molecule has 102 valence electrons. The third-order valence-corrected chi connectivity index (χ3v) is 3.47. The van der Waals surface area contributed by atoms with Gasteiger partial charge in [0.05, 0.1) is 6.07 Å². The summed E-state index contributed by atoms with van der Waals surface area (Å²) in [5.74, 6) is 0.335. The molecule has 4 heteroatoms. The normalized spacial score (nSPS) is 27.5. The average Bonchev–Trinajstić information content (AvgIpc) is 2.34. The summed E-state index contributed by atoms with van der Waals surface area (Å²) < 4.78 is 5.27. The van der Waals surface area contributed by atoms with Gasteiger partial charge in [-0.3, -0.25) is 4.79 Å². The quantitative estimate of drug-likeness (QED) is 0.738. The molecule has 0 aromatic carbocycles. The Hall–Kier alpha value is -1.08. The second-order valence-corrected chi connectivity index (χ2v) is 5.35. The lowest BCUT2D eigenvalue weighted by Crippen LogP contribution is -2.51. The van der Waals surface area contributed by atoms with E-state index in [0.29, 0.717) is 12.5 Å². The van der Waals surface area contributed by atoms with E-state index in [-0.39, 0.29) is 12.5 Å². The maximum Gasteiger partial charge on any atom is 0.247 e. The molecule has 1 saturated carbocycles. The summed E-state index contributed by atoms with van der Waals surface area (Å²) in [4.78, 5) is 11.8. The first kappa shape index (κ1) is 15.0. The summed E-state index contributed by atoms with van der Waals surface area (Å²) >= 11 is 0. The molecule has 0 saturated heterocycles. The maximum absolute atomic E-state index is 11.8. The highest BCUT2D eigenvalue weighted by molar-refractivity contribution is 5.78. The number of carbonyl (C=O) groups is 1. The van der Waals surface area contributed by atoms with Crippen molar-refractivity contribution in [2.45, 2.75) is 57.9 Å². The van der Waals surface area contributed by atoms with Crippen LogP contribution in [-0.4, -0.2) is 24.7 Å². The average molecular weight is 252 g/mol. The second kappa shape index (κ2) is 7.38. The number of ether oxygens (including phenoxy) is 1. The first-order chi connectivity index (χ1) is 8.62. The molecular weight excluding hydrogens is 228 g/mol. The summed E-state index contributed by atoms with van der Waals surface area (Å²) in [5, 5.41) is 12.2. The van der Waals surface area contributed by atoms with E-state index in [1.807, 2.05) is 0 Å². The molecule has 4 nitrogen and oxygen atoms in total. The Balaban J connectivity index is 2.38. The minimum atomic E-state index is -0.664. The van der Waals surface area contributed by atoms with Gasteiger partial charge in [0.1, 0.15) is 12.1 Å². The molecule has 1 amide bonds. The zero-order valence-electron chi connectivity index (χ0n) is 11.5. The van der Waals surface area contributed by atoms with Gasteiger partial charge in [-0.05, 0) is 31.6 Å². The fourth-order valence-corrected chi connectivity index (χ4v) is 2.51. The lowest BCUT2D eigenvalue weighted by atomic mass is 9.77. The van der Waals surface area contributed by atoms with Crippen molar-refractivity contribution in [1.29, 1.82) is 5.26 Å². The largest absolute Gasteiger partial charge is 0.372 e. The van der Waals surface area contributed by atoms with Crippen molar-refractivity contribution in [3.63, 3.8) is 0 Å². The number of carbonyl (C=O) groups excluding carboxylic acids is 1. The molecule has 0 aromatic heterocycles. The second-order valence-electron chi connectivity index (χ2n) is 5.35. The molecule has 2 atom stereocenters. The van der Waals surface area contributed by atoms with E-state index in [4.69, 9.17) is 4.74 Å². The minimum absolute atomic E-state index is 0.0673. The van der Waals surface area contributed by atoms with Crippen LogP contribution in [0.15, 0.2) is 0 Å². The summed E-state index contributed by atoms with van der Waals surface area (Å²) in [7, 11) is 0. The van der Waals surface area contributed by atoms with E-state index in [9.17, 15) is 10.1 Å². The predicted molar refractivity (Wildman–Crippen MR) is 69.8 cm³/mol. The van der Waals surface area contributed by atoms with Crippen LogP contribution in [-0.2, 0) is 9.53 Å². The molecule has 1 N–H and O–H groups in total. The van der Waals surface area contributed by atoms with E-state index in [0.717, 1.165) is 38.5 Å². The Morgan fingerprint density at radius 3 is 3.00 bits per heavy atom. The number of nitriles is 1. The number of hydrogen-bond acceptors (Lipinski definition) is 3. The van der Waals surface area contributed by atoms with Crippen molar-refractivity contribution < 1.29 is 9.53 Å². The van der Waals surface area contributed by atoms with Gasteiger partial charge in [0, 0.05) is 6.61 Å². The van der Waals surface area contributed by atoms with E-state index >= 15 is 0 Å². The van der Waals surface area contributed by atoms with Gasteiger partial charge in [0.15, 0.2) is 0 Å². The number of nitrogens with one attached hydrogen (secondary N) is 1. The molecule has 0 unspecified atom stereocenters. The van der Waals surface area contributed by atoms with Crippen molar-refractivity contribution in [3.8, 4) is 6.07 Å². The SMILES string of the molecule is CCCCOCC(=O)N[C@@]1(C#N)CCC[C@@H](C)C1. The summed E-state index contributed by atoms with van der Waals surface area (Å²) in [6.45, 7) is 4.89. The Morgan fingerprint density at radius 2 is 2.39 bits per heavy atom. The molecule has 1 rings (SSSR count). The summed E-state index contributed by atoms with van der Waals surface area (Å²) in [6, 6.07) is 2.29. The Bertz CT molecular complexity index is 311. The molecule has 0 aromatic rings. The number of unbranched alkanes of at least 4 members (excludes halogenated alkanes) is 1. The number of amides is 1. The first-order valence-corrected chi connectivity index (χ1v) is 6.92. The van der Waals surface area contributed by atoms with Crippen LogP contribution in [0.1, 0.15) is 52.4 Å². The van der Waals surface area contributed by atoms with Gasteiger partial charge >= 0.3 is 0 Å². The highest BCUT2D eigenvalue weighted by atomic mass is 16.5. The van der Waals surface area contributed by atoms with Crippen LogP contribution < -0.4 is 5.32 Å². The number of nitrogens with zero attached hydrogens (tertiary/aromatic N) is 1.